The first-order valence-corrected chi connectivity index (χ1v) is 13.3. The van der Waals surface area contributed by atoms with Crippen molar-refractivity contribution in [3.63, 3.8) is 0 Å². The molecule has 0 aliphatic rings. The van der Waals surface area contributed by atoms with Gasteiger partial charge in [-0.25, -0.2) is 12.8 Å². The van der Waals surface area contributed by atoms with Crippen LogP contribution in [0.4, 0.5) is 10.1 Å². The Bertz CT molecular complexity index is 1090. The van der Waals surface area contributed by atoms with Crippen molar-refractivity contribution < 1.29 is 22.4 Å². The van der Waals surface area contributed by atoms with Gasteiger partial charge >= 0.3 is 0 Å². The Morgan fingerprint density at radius 1 is 1.09 bits per heavy atom. The lowest BCUT2D eigenvalue weighted by atomic mass is 10.1. The molecular formula is C23H28Cl2FN3O4S. The van der Waals surface area contributed by atoms with Crippen LogP contribution in [0.2, 0.25) is 10.0 Å². The van der Waals surface area contributed by atoms with E-state index in [4.69, 9.17) is 23.2 Å². The number of likely N-dealkylation sites (N-methyl/N-ethyl adjacent to an activating group) is 1. The summed E-state index contributed by atoms with van der Waals surface area (Å²) < 4.78 is 38.9. The van der Waals surface area contributed by atoms with E-state index in [0.717, 1.165) is 10.6 Å². The predicted molar refractivity (Wildman–Crippen MR) is 133 cm³/mol. The number of halogens is 3. The number of carbonyl (C=O) groups excluding carboxylic acids is 2. The van der Waals surface area contributed by atoms with Crippen molar-refractivity contribution in [2.45, 2.75) is 39.3 Å². The third-order valence-corrected chi connectivity index (χ3v) is 7.08. The molecule has 34 heavy (non-hydrogen) atoms. The van der Waals surface area contributed by atoms with Crippen LogP contribution in [0.25, 0.3) is 0 Å². The maximum atomic E-state index is 13.3. The highest BCUT2D eigenvalue weighted by Gasteiger charge is 2.27. The van der Waals surface area contributed by atoms with Gasteiger partial charge in [0.05, 0.1) is 11.9 Å². The average molecular weight is 532 g/mol. The highest BCUT2D eigenvalue weighted by molar-refractivity contribution is 7.92. The summed E-state index contributed by atoms with van der Waals surface area (Å²) in [6.07, 6.45) is 1.19. The Labute approximate surface area is 209 Å². The van der Waals surface area contributed by atoms with E-state index < -0.39 is 21.9 Å². The van der Waals surface area contributed by atoms with Crippen molar-refractivity contribution in [3.05, 3.63) is 63.9 Å². The molecule has 2 rings (SSSR count). The van der Waals surface area contributed by atoms with Gasteiger partial charge in [0, 0.05) is 41.7 Å². The minimum atomic E-state index is -3.66. The van der Waals surface area contributed by atoms with E-state index in [2.05, 4.69) is 5.32 Å². The molecule has 11 heteroatoms. The smallest absolute Gasteiger partial charge is 0.242 e. The Morgan fingerprint density at radius 3 is 2.21 bits per heavy atom. The highest BCUT2D eigenvalue weighted by atomic mass is 35.5. The van der Waals surface area contributed by atoms with Gasteiger partial charge < -0.3 is 10.2 Å². The summed E-state index contributed by atoms with van der Waals surface area (Å²) in [5.74, 6) is -1.18. The highest BCUT2D eigenvalue weighted by Crippen LogP contribution is 2.27. The van der Waals surface area contributed by atoms with Crippen LogP contribution >= 0.6 is 23.2 Å². The molecule has 0 heterocycles. The predicted octanol–water partition coefficient (Wildman–Crippen LogP) is 4.23. The summed E-state index contributed by atoms with van der Waals surface area (Å²) >= 11 is 12.6. The fourth-order valence-corrected chi connectivity index (χ4v) is 4.85. The summed E-state index contributed by atoms with van der Waals surface area (Å²) in [5, 5.41) is 3.44. The molecule has 2 amide bonds. The SMILES string of the molecule is CCNC(=O)[C@H](C)N(Cc1c(Cl)cccc1Cl)C(=O)CCCN(c1ccc(F)cc1)S(C)(=O)=O. The molecule has 186 valence electrons. The van der Waals surface area contributed by atoms with Gasteiger partial charge in [-0.15, -0.1) is 0 Å². The second-order valence-corrected chi connectivity index (χ2v) is 10.4. The molecule has 0 saturated carbocycles. The van der Waals surface area contributed by atoms with E-state index in [0.29, 0.717) is 27.8 Å². The van der Waals surface area contributed by atoms with E-state index in [1.165, 1.54) is 29.2 Å². The number of hydrogen-bond donors (Lipinski definition) is 1. The number of nitrogens with one attached hydrogen (secondary N) is 1. The zero-order valence-corrected chi connectivity index (χ0v) is 21.6. The lowest BCUT2D eigenvalue weighted by Crippen LogP contribution is -2.47. The molecule has 0 saturated heterocycles. The van der Waals surface area contributed by atoms with E-state index in [1.54, 1.807) is 32.0 Å². The second kappa shape index (κ2) is 12.4. The Kier molecular flexibility index (Phi) is 10.1. The molecule has 0 fully saturated rings. The second-order valence-electron chi connectivity index (χ2n) is 7.71. The van der Waals surface area contributed by atoms with Crippen molar-refractivity contribution in [3.8, 4) is 0 Å². The van der Waals surface area contributed by atoms with Crippen molar-refractivity contribution in [1.29, 1.82) is 0 Å². The van der Waals surface area contributed by atoms with Gasteiger partial charge in [-0.05, 0) is 56.7 Å². The summed E-state index contributed by atoms with van der Waals surface area (Å²) in [7, 11) is -3.66. The van der Waals surface area contributed by atoms with Crippen LogP contribution in [0.5, 0.6) is 0 Å². The first-order chi connectivity index (χ1) is 16.0. The normalized spacial score (nSPS) is 12.2. The van der Waals surface area contributed by atoms with Crippen LogP contribution in [0.15, 0.2) is 42.5 Å². The lowest BCUT2D eigenvalue weighted by Gasteiger charge is -2.30. The standard InChI is InChI=1S/C23H28Cl2FN3O4S/c1-4-27-23(31)16(2)28(15-19-20(24)7-5-8-21(19)25)22(30)9-6-14-29(34(3,32)33)18-12-10-17(26)11-13-18/h5,7-8,10-13,16H,4,6,9,14-15H2,1-3H3,(H,27,31)/t16-/m0/s1. The van der Waals surface area contributed by atoms with Crippen LogP contribution in [-0.4, -0.2) is 50.5 Å². The number of anilines is 1. The number of nitrogens with zero attached hydrogens (tertiary/aromatic N) is 2. The van der Waals surface area contributed by atoms with Gasteiger partial charge in [-0.1, -0.05) is 29.3 Å². The molecule has 0 radical (unpaired) electrons. The molecular weight excluding hydrogens is 504 g/mol. The zero-order valence-electron chi connectivity index (χ0n) is 19.2. The quantitative estimate of drug-likeness (QED) is 0.469. The molecule has 2 aromatic carbocycles. The van der Waals surface area contributed by atoms with E-state index in [1.807, 2.05) is 0 Å². The molecule has 0 aliphatic carbocycles. The van der Waals surface area contributed by atoms with Gasteiger partial charge in [0.1, 0.15) is 11.9 Å². The first-order valence-electron chi connectivity index (χ1n) is 10.7. The lowest BCUT2D eigenvalue weighted by molar-refractivity contribution is -0.140. The number of benzene rings is 2. The van der Waals surface area contributed by atoms with Gasteiger partial charge in [-0.2, -0.15) is 0 Å². The monoisotopic (exact) mass is 531 g/mol. The summed E-state index contributed by atoms with van der Waals surface area (Å²) in [5.41, 5.74) is 0.811. The van der Waals surface area contributed by atoms with Crippen molar-refractivity contribution in [1.82, 2.24) is 10.2 Å². The molecule has 7 nitrogen and oxygen atoms in total. The molecule has 0 unspecified atom stereocenters. The van der Waals surface area contributed by atoms with E-state index in [-0.39, 0.29) is 37.7 Å². The van der Waals surface area contributed by atoms with Gasteiger partial charge in [0.2, 0.25) is 21.8 Å². The number of amides is 2. The van der Waals surface area contributed by atoms with Crippen molar-refractivity contribution >= 4 is 50.7 Å². The molecule has 2 aromatic rings. The minimum Gasteiger partial charge on any atom is -0.355 e. The number of hydrogen-bond acceptors (Lipinski definition) is 4. The van der Waals surface area contributed by atoms with Crippen LogP contribution in [0.1, 0.15) is 32.3 Å². The van der Waals surface area contributed by atoms with Crippen LogP contribution < -0.4 is 9.62 Å². The molecule has 0 aromatic heterocycles. The molecule has 0 bridgehead atoms. The Morgan fingerprint density at radius 2 is 1.68 bits per heavy atom. The molecule has 1 N–H and O–H groups in total. The van der Waals surface area contributed by atoms with Gasteiger partial charge in [-0.3, -0.25) is 13.9 Å². The average Bonchev–Trinajstić information content (AvgIpc) is 2.76. The number of rotatable bonds is 11. The molecule has 0 aliphatic heterocycles. The Hall–Kier alpha value is -2.36. The van der Waals surface area contributed by atoms with Crippen LogP contribution in [-0.2, 0) is 26.2 Å². The number of sulfonamides is 1. The molecule has 0 spiro atoms. The fraction of sp³-hybridized carbons (Fsp3) is 0.391. The fourth-order valence-electron chi connectivity index (χ4n) is 3.37. The van der Waals surface area contributed by atoms with Gasteiger partial charge in [0.15, 0.2) is 0 Å². The van der Waals surface area contributed by atoms with Crippen molar-refractivity contribution in [2.75, 3.05) is 23.7 Å². The van der Waals surface area contributed by atoms with Crippen LogP contribution in [0, 0.1) is 5.82 Å². The van der Waals surface area contributed by atoms with Crippen molar-refractivity contribution in [2.24, 2.45) is 0 Å². The first kappa shape index (κ1) is 27.9. The Balaban J connectivity index is 2.20. The number of carbonyl (C=O) groups is 2. The molecule has 1 atom stereocenters. The zero-order chi connectivity index (χ0) is 25.5. The largest absolute Gasteiger partial charge is 0.355 e. The van der Waals surface area contributed by atoms with E-state index >= 15 is 0 Å². The summed E-state index contributed by atoms with van der Waals surface area (Å²) in [6, 6.07) is 9.24. The summed E-state index contributed by atoms with van der Waals surface area (Å²) in [6.45, 7) is 3.81. The third-order valence-electron chi connectivity index (χ3n) is 5.18. The van der Waals surface area contributed by atoms with Crippen LogP contribution in [0.3, 0.4) is 0 Å². The maximum Gasteiger partial charge on any atom is 0.242 e. The van der Waals surface area contributed by atoms with Gasteiger partial charge in [0.25, 0.3) is 0 Å². The topological polar surface area (TPSA) is 86.8 Å². The third kappa shape index (κ3) is 7.58. The maximum absolute atomic E-state index is 13.3. The minimum absolute atomic E-state index is 0.00638. The summed E-state index contributed by atoms with van der Waals surface area (Å²) in [4.78, 5) is 27.0. The van der Waals surface area contributed by atoms with E-state index in [9.17, 15) is 22.4 Å².